The lowest BCUT2D eigenvalue weighted by Gasteiger charge is -2.31. The number of hydrogen-bond donors (Lipinski definition) is 0. The Morgan fingerprint density at radius 2 is 2.11 bits per heavy atom. The third-order valence-electron chi connectivity index (χ3n) is 4.99. The Morgan fingerprint density at radius 1 is 1.30 bits per heavy atom. The highest BCUT2D eigenvalue weighted by molar-refractivity contribution is 6.49. The Bertz CT molecular complexity index is 920. The summed E-state index contributed by atoms with van der Waals surface area (Å²) < 4.78 is 19.3. The summed E-state index contributed by atoms with van der Waals surface area (Å²) in [6, 6.07) is 4.46. The minimum Gasteiger partial charge on any atom is -0.488 e. The molecule has 0 radical (unpaired) electrons. The van der Waals surface area contributed by atoms with E-state index < -0.39 is 0 Å². The van der Waals surface area contributed by atoms with Crippen LogP contribution in [0, 0.1) is 5.82 Å². The number of nitrogens with zero attached hydrogens (tertiary/aromatic N) is 3. The van der Waals surface area contributed by atoms with Crippen molar-refractivity contribution in [2.45, 2.75) is 39.2 Å². The standard InChI is InChI=1S/C21H23ClFN3O/c1-21(2,3)20-24-9-13-10-26(7-6-17(13)25-20)11-14-12-27-18-5-4-15(23)8-16(18)19(14)22/h4-5,8-9H,6-7,10-12H2,1-3H3. The third kappa shape index (κ3) is 3.71. The van der Waals surface area contributed by atoms with E-state index in [9.17, 15) is 4.39 Å². The number of fused-ring (bicyclic) bond motifs is 2. The van der Waals surface area contributed by atoms with Gasteiger partial charge in [0.1, 0.15) is 24.0 Å². The Morgan fingerprint density at radius 3 is 2.89 bits per heavy atom. The average Bonchev–Trinajstić information content (AvgIpc) is 2.63. The Balaban J connectivity index is 1.53. The lowest BCUT2D eigenvalue weighted by molar-refractivity contribution is 0.254. The summed E-state index contributed by atoms with van der Waals surface area (Å²) in [5, 5.41) is 0.598. The molecule has 0 saturated heterocycles. The summed E-state index contributed by atoms with van der Waals surface area (Å²) in [6.45, 7) is 9.18. The normalized spacial score (nSPS) is 17.4. The predicted molar refractivity (Wildman–Crippen MR) is 104 cm³/mol. The molecule has 0 fully saturated rings. The van der Waals surface area contributed by atoms with Gasteiger partial charge >= 0.3 is 0 Å². The number of benzene rings is 1. The smallest absolute Gasteiger partial charge is 0.133 e. The number of rotatable bonds is 2. The first-order chi connectivity index (χ1) is 12.8. The fourth-order valence-corrected chi connectivity index (χ4v) is 3.74. The molecule has 0 aliphatic carbocycles. The molecule has 3 heterocycles. The van der Waals surface area contributed by atoms with Gasteiger partial charge in [0.15, 0.2) is 0 Å². The molecule has 0 amide bonds. The van der Waals surface area contributed by atoms with Gasteiger partial charge in [-0.2, -0.15) is 0 Å². The largest absolute Gasteiger partial charge is 0.488 e. The van der Waals surface area contributed by atoms with E-state index >= 15 is 0 Å². The van der Waals surface area contributed by atoms with Crippen LogP contribution in [0.15, 0.2) is 30.0 Å². The average molecular weight is 388 g/mol. The molecular formula is C21H23ClFN3O. The van der Waals surface area contributed by atoms with Gasteiger partial charge in [0.25, 0.3) is 0 Å². The van der Waals surface area contributed by atoms with Crippen molar-refractivity contribution in [1.29, 1.82) is 0 Å². The van der Waals surface area contributed by atoms with Crippen LogP contribution in [0.3, 0.4) is 0 Å². The summed E-state index contributed by atoms with van der Waals surface area (Å²) in [5.41, 5.74) is 3.86. The van der Waals surface area contributed by atoms with E-state index in [1.54, 1.807) is 6.07 Å². The van der Waals surface area contributed by atoms with Crippen molar-refractivity contribution in [1.82, 2.24) is 14.9 Å². The van der Waals surface area contributed by atoms with E-state index in [4.69, 9.17) is 21.3 Å². The molecule has 0 N–H and O–H groups in total. The van der Waals surface area contributed by atoms with Crippen LogP contribution >= 0.6 is 11.6 Å². The maximum atomic E-state index is 13.6. The number of aromatic nitrogens is 2. The number of ether oxygens (including phenoxy) is 1. The second-order valence-corrected chi connectivity index (χ2v) is 8.60. The zero-order valence-electron chi connectivity index (χ0n) is 15.9. The molecule has 0 unspecified atom stereocenters. The molecule has 6 heteroatoms. The zero-order chi connectivity index (χ0) is 19.2. The van der Waals surface area contributed by atoms with Gasteiger partial charge in [0.05, 0.1) is 5.03 Å². The molecule has 0 atom stereocenters. The summed E-state index contributed by atoms with van der Waals surface area (Å²) >= 11 is 6.56. The van der Waals surface area contributed by atoms with Gasteiger partial charge in [-0.25, -0.2) is 14.4 Å². The molecule has 2 aliphatic heterocycles. The SMILES string of the molecule is CC(C)(C)c1ncc2c(n1)CCN(CC1=C(Cl)c3cc(F)ccc3OC1)C2. The molecule has 4 nitrogen and oxygen atoms in total. The van der Waals surface area contributed by atoms with E-state index in [-0.39, 0.29) is 11.2 Å². The zero-order valence-corrected chi connectivity index (χ0v) is 16.6. The molecule has 1 aromatic heterocycles. The van der Waals surface area contributed by atoms with Gasteiger partial charge in [-0.05, 0) is 18.2 Å². The predicted octanol–water partition coefficient (Wildman–Crippen LogP) is 4.31. The maximum Gasteiger partial charge on any atom is 0.133 e. The second kappa shape index (κ2) is 6.88. The lowest BCUT2D eigenvalue weighted by atomic mass is 9.95. The molecule has 2 aromatic rings. The molecule has 142 valence electrons. The highest BCUT2D eigenvalue weighted by Gasteiger charge is 2.25. The van der Waals surface area contributed by atoms with Crippen LogP contribution in [0.4, 0.5) is 4.39 Å². The quantitative estimate of drug-likeness (QED) is 0.769. The molecule has 27 heavy (non-hydrogen) atoms. The fourth-order valence-electron chi connectivity index (χ4n) is 3.47. The Labute approximate surface area is 164 Å². The minimum atomic E-state index is -0.310. The fraction of sp³-hybridized carbons (Fsp3) is 0.429. The minimum absolute atomic E-state index is 0.0490. The van der Waals surface area contributed by atoms with E-state index in [1.807, 2.05) is 6.20 Å². The topological polar surface area (TPSA) is 38.2 Å². The first-order valence-corrected chi connectivity index (χ1v) is 9.57. The van der Waals surface area contributed by atoms with Crippen molar-refractivity contribution < 1.29 is 9.13 Å². The van der Waals surface area contributed by atoms with E-state index in [1.165, 1.54) is 12.1 Å². The van der Waals surface area contributed by atoms with E-state index in [0.29, 0.717) is 29.5 Å². The maximum absolute atomic E-state index is 13.6. The van der Waals surface area contributed by atoms with E-state index in [0.717, 1.165) is 42.2 Å². The van der Waals surface area contributed by atoms with Crippen molar-refractivity contribution in [2.24, 2.45) is 0 Å². The molecule has 0 saturated carbocycles. The Hall–Kier alpha value is -1.98. The summed E-state index contributed by atoms with van der Waals surface area (Å²) in [7, 11) is 0. The van der Waals surface area contributed by atoms with Gasteiger partial charge in [0, 0.05) is 60.1 Å². The summed E-state index contributed by atoms with van der Waals surface area (Å²) in [4.78, 5) is 11.6. The van der Waals surface area contributed by atoms with Crippen LogP contribution in [0.1, 0.15) is 43.4 Å². The molecular weight excluding hydrogens is 365 g/mol. The van der Waals surface area contributed by atoms with Gasteiger partial charge in [-0.3, -0.25) is 4.90 Å². The van der Waals surface area contributed by atoms with Crippen LogP contribution in [0.25, 0.3) is 5.03 Å². The van der Waals surface area contributed by atoms with Crippen LogP contribution in [-0.2, 0) is 18.4 Å². The van der Waals surface area contributed by atoms with Crippen molar-refractivity contribution in [3.8, 4) is 5.75 Å². The highest BCUT2D eigenvalue weighted by Crippen LogP contribution is 2.36. The molecule has 0 spiro atoms. The van der Waals surface area contributed by atoms with Gasteiger partial charge in [0.2, 0.25) is 0 Å². The number of halogens is 2. The van der Waals surface area contributed by atoms with Crippen LogP contribution in [0.5, 0.6) is 5.75 Å². The monoisotopic (exact) mass is 387 g/mol. The van der Waals surface area contributed by atoms with Crippen molar-refractivity contribution in [3.05, 3.63) is 58.4 Å². The molecule has 4 rings (SSSR count). The lowest BCUT2D eigenvalue weighted by Crippen LogP contribution is -2.35. The van der Waals surface area contributed by atoms with Gasteiger partial charge in [-0.15, -0.1) is 0 Å². The number of hydrogen-bond acceptors (Lipinski definition) is 4. The van der Waals surface area contributed by atoms with Crippen molar-refractivity contribution >= 4 is 16.6 Å². The first-order valence-electron chi connectivity index (χ1n) is 9.19. The van der Waals surface area contributed by atoms with Crippen molar-refractivity contribution in [3.63, 3.8) is 0 Å². The summed E-state index contributed by atoms with van der Waals surface area (Å²) in [5.74, 6) is 1.22. The second-order valence-electron chi connectivity index (χ2n) is 8.22. The van der Waals surface area contributed by atoms with Gasteiger partial charge < -0.3 is 4.74 Å². The molecule has 2 aliphatic rings. The Kier molecular flexibility index (Phi) is 4.68. The highest BCUT2D eigenvalue weighted by atomic mass is 35.5. The first kappa shape index (κ1) is 18.4. The molecule has 0 bridgehead atoms. The van der Waals surface area contributed by atoms with E-state index in [2.05, 4.69) is 30.7 Å². The van der Waals surface area contributed by atoms with Crippen LogP contribution in [0.2, 0.25) is 0 Å². The molecule has 1 aromatic carbocycles. The third-order valence-corrected chi connectivity index (χ3v) is 5.46. The van der Waals surface area contributed by atoms with Crippen LogP contribution < -0.4 is 4.74 Å². The van der Waals surface area contributed by atoms with Gasteiger partial charge in [-0.1, -0.05) is 32.4 Å². The van der Waals surface area contributed by atoms with Crippen LogP contribution in [-0.4, -0.2) is 34.6 Å². The summed E-state index contributed by atoms with van der Waals surface area (Å²) in [6.07, 6.45) is 2.84. The van der Waals surface area contributed by atoms with Crippen molar-refractivity contribution in [2.75, 3.05) is 19.7 Å².